The van der Waals surface area contributed by atoms with Crippen LogP contribution in [0.2, 0.25) is 0 Å². The van der Waals surface area contributed by atoms with Crippen LogP contribution >= 0.6 is 0 Å². The van der Waals surface area contributed by atoms with Crippen molar-refractivity contribution in [3.8, 4) is 44.5 Å². The maximum atomic E-state index is 6.47. The number of benzene rings is 11. The largest absolute Gasteiger partial charge is 0.456 e. The van der Waals surface area contributed by atoms with Crippen LogP contribution in [-0.4, -0.2) is 0 Å². The van der Waals surface area contributed by atoms with Gasteiger partial charge < -0.3 is 9.32 Å². The van der Waals surface area contributed by atoms with Crippen LogP contribution in [0.15, 0.2) is 229 Å². The van der Waals surface area contributed by atoms with Gasteiger partial charge in [0.15, 0.2) is 0 Å². The van der Waals surface area contributed by atoms with E-state index in [1.165, 1.54) is 82.2 Å². The predicted octanol–water partition coefficient (Wildman–Crippen LogP) is 17.8. The number of rotatable bonds is 6. The van der Waals surface area contributed by atoms with Crippen LogP contribution in [0.4, 0.5) is 17.1 Å². The van der Waals surface area contributed by atoms with Crippen molar-refractivity contribution in [3.63, 3.8) is 0 Å². The summed E-state index contributed by atoms with van der Waals surface area (Å²) < 4.78 is 6.47. The number of hydrogen-bond acceptors (Lipinski definition) is 2. The number of nitrogens with zero attached hydrogens (tertiary/aromatic N) is 1. The van der Waals surface area contributed by atoms with E-state index in [1.807, 2.05) is 0 Å². The molecule has 2 nitrogen and oxygen atoms in total. The highest BCUT2D eigenvalue weighted by Gasteiger charge is 2.36. The Kier molecular flexibility index (Phi) is 8.29. The van der Waals surface area contributed by atoms with Crippen LogP contribution in [0, 0.1) is 0 Å². The van der Waals surface area contributed by atoms with E-state index in [0.29, 0.717) is 0 Å². The van der Waals surface area contributed by atoms with E-state index in [2.05, 4.69) is 243 Å². The summed E-state index contributed by atoms with van der Waals surface area (Å²) in [5.41, 5.74) is 17.3. The molecule has 1 heterocycles. The van der Waals surface area contributed by atoms with Crippen LogP contribution in [-0.2, 0) is 5.41 Å². The number of para-hydroxylation sites is 2. The minimum absolute atomic E-state index is 0.165. The van der Waals surface area contributed by atoms with E-state index in [9.17, 15) is 0 Å². The average Bonchev–Trinajstić information content (AvgIpc) is 3.86. The molecule has 0 saturated heterocycles. The molecule has 2 heteroatoms. The SMILES string of the molecule is CC1(C)c2ccccc2-c2ccc(N(c3cc(-c4ccccc4)cc(-c4ccccc4)c3)c3ccccc3-c3ccc4c5ccccc5c5c(ccc6oc7ccccc7c65)c4c3)cc21. The average molecular weight is 830 g/mol. The molecule has 11 aromatic carbocycles. The third kappa shape index (κ3) is 5.81. The van der Waals surface area contributed by atoms with Crippen molar-refractivity contribution in [2.24, 2.45) is 0 Å². The molecule has 0 saturated carbocycles. The number of anilines is 3. The quantitative estimate of drug-likeness (QED) is 0.155. The first-order chi connectivity index (χ1) is 32.0. The summed E-state index contributed by atoms with van der Waals surface area (Å²) >= 11 is 0. The highest BCUT2D eigenvalue weighted by atomic mass is 16.3. The molecule has 1 aliphatic carbocycles. The lowest BCUT2D eigenvalue weighted by atomic mass is 9.82. The van der Waals surface area contributed by atoms with Gasteiger partial charge in [-0.25, -0.2) is 0 Å². The van der Waals surface area contributed by atoms with Gasteiger partial charge in [0.1, 0.15) is 11.2 Å². The fourth-order valence-corrected chi connectivity index (χ4v) is 10.9. The maximum Gasteiger partial charge on any atom is 0.136 e. The second kappa shape index (κ2) is 14.4. The molecule has 0 aliphatic heterocycles. The lowest BCUT2D eigenvalue weighted by molar-refractivity contribution is 0.660. The van der Waals surface area contributed by atoms with Crippen molar-refractivity contribution in [1.82, 2.24) is 0 Å². The zero-order valence-electron chi connectivity index (χ0n) is 36.2. The van der Waals surface area contributed by atoms with Gasteiger partial charge in [0.2, 0.25) is 0 Å². The fraction of sp³-hybridized carbons (Fsp3) is 0.0476. The molecule has 0 bridgehead atoms. The van der Waals surface area contributed by atoms with Gasteiger partial charge in [-0.1, -0.05) is 178 Å². The molecule has 0 amide bonds. The molecule has 13 rings (SSSR count). The van der Waals surface area contributed by atoms with E-state index < -0.39 is 0 Å². The first kappa shape index (κ1) is 37.4. The molecule has 0 N–H and O–H groups in total. The summed E-state index contributed by atoms with van der Waals surface area (Å²) in [6, 6.07) is 82.4. The Bertz CT molecular complexity index is 3800. The lowest BCUT2D eigenvalue weighted by Gasteiger charge is -2.30. The molecular formula is C63H43NO. The Morgan fingerprint density at radius 3 is 1.68 bits per heavy atom. The van der Waals surface area contributed by atoms with E-state index in [1.54, 1.807) is 0 Å². The molecular weight excluding hydrogens is 787 g/mol. The minimum atomic E-state index is -0.165. The van der Waals surface area contributed by atoms with Gasteiger partial charge in [0.25, 0.3) is 0 Å². The molecule has 0 atom stereocenters. The zero-order chi connectivity index (χ0) is 43.2. The van der Waals surface area contributed by atoms with Crippen molar-refractivity contribution in [1.29, 1.82) is 0 Å². The van der Waals surface area contributed by atoms with Crippen LogP contribution in [0.25, 0.3) is 98.8 Å². The molecule has 0 fully saturated rings. The van der Waals surface area contributed by atoms with Crippen molar-refractivity contribution < 1.29 is 4.42 Å². The van der Waals surface area contributed by atoms with Crippen LogP contribution in [0.5, 0.6) is 0 Å². The monoisotopic (exact) mass is 829 g/mol. The third-order valence-electron chi connectivity index (χ3n) is 14.0. The van der Waals surface area contributed by atoms with Gasteiger partial charge in [-0.2, -0.15) is 0 Å². The zero-order valence-corrected chi connectivity index (χ0v) is 36.2. The van der Waals surface area contributed by atoms with Crippen molar-refractivity contribution in [2.75, 3.05) is 4.90 Å². The molecule has 12 aromatic rings. The topological polar surface area (TPSA) is 16.4 Å². The van der Waals surface area contributed by atoms with Crippen LogP contribution < -0.4 is 4.90 Å². The van der Waals surface area contributed by atoms with Crippen molar-refractivity contribution in [3.05, 3.63) is 236 Å². The Morgan fingerprint density at radius 1 is 0.323 bits per heavy atom. The van der Waals surface area contributed by atoms with Gasteiger partial charge in [0, 0.05) is 38.5 Å². The molecule has 0 unspecified atom stereocenters. The summed E-state index contributed by atoms with van der Waals surface area (Å²) in [4.78, 5) is 2.50. The first-order valence-corrected chi connectivity index (χ1v) is 22.6. The van der Waals surface area contributed by atoms with Gasteiger partial charge in [-0.15, -0.1) is 0 Å². The Morgan fingerprint density at radius 2 is 0.908 bits per heavy atom. The Hall–Kier alpha value is -8.20. The molecule has 1 aromatic heterocycles. The van der Waals surface area contributed by atoms with Gasteiger partial charge >= 0.3 is 0 Å². The molecule has 0 radical (unpaired) electrons. The van der Waals surface area contributed by atoms with E-state index >= 15 is 0 Å². The van der Waals surface area contributed by atoms with Crippen LogP contribution in [0.3, 0.4) is 0 Å². The van der Waals surface area contributed by atoms with E-state index in [0.717, 1.165) is 44.7 Å². The molecule has 306 valence electrons. The molecule has 65 heavy (non-hydrogen) atoms. The number of fused-ring (bicyclic) bond motifs is 13. The Balaban J connectivity index is 1.08. The predicted molar refractivity (Wildman–Crippen MR) is 275 cm³/mol. The van der Waals surface area contributed by atoms with Crippen molar-refractivity contribution >= 4 is 71.3 Å². The van der Waals surface area contributed by atoms with Gasteiger partial charge in [0.05, 0.1) is 5.69 Å². The van der Waals surface area contributed by atoms with Crippen LogP contribution in [0.1, 0.15) is 25.0 Å². The van der Waals surface area contributed by atoms with Gasteiger partial charge in [-0.05, 0) is 138 Å². The number of hydrogen-bond donors (Lipinski definition) is 0. The summed E-state index contributed by atoms with van der Waals surface area (Å²) in [7, 11) is 0. The normalized spacial score (nSPS) is 12.9. The summed E-state index contributed by atoms with van der Waals surface area (Å²) in [5, 5.41) is 9.70. The fourth-order valence-electron chi connectivity index (χ4n) is 10.9. The summed E-state index contributed by atoms with van der Waals surface area (Å²) in [6.07, 6.45) is 0. The summed E-state index contributed by atoms with van der Waals surface area (Å²) in [6.45, 7) is 4.74. The standard InChI is InChI=1S/C63H43NO/c1-63(2)56-26-14-11-23-50(56)51-32-30-45(39-57(51)63)64(46-36-43(40-17-5-3-6-18-40)35-44(37-46)41-19-7-4-8-20-41)58-27-15-12-21-47(58)42-29-31-49-48-22-9-10-24-52(48)61-53(55(49)38-42)33-34-60-62(61)54-25-13-16-28-59(54)65-60/h3-39H,1-2H3. The first-order valence-electron chi connectivity index (χ1n) is 22.6. The van der Waals surface area contributed by atoms with Crippen molar-refractivity contribution in [2.45, 2.75) is 19.3 Å². The van der Waals surface area contributed by atoms with E-state index in [-0.39, 0.29) is 5.41 Å². The highest BCUT2D eigenvalue weighted by molar-refractivity contribution is 6.34. The Labute approximate surface area is 378 Å². The smallest absolute Gasteiger partial charge is 0.136 e. The summed E-state index contributed by atoms with van der Waals surface area (Å²) in [5.74, 6) is 0. The number of furan rings is 1. The second-order valence-electron chi connectivity index (χ2n) is 18.0. The highest BCUT2D eigenvalue weighted by Crippen LogP contribution is 2.52. The lowest BCUT2D eigenvalue weighted by Crippen LogP contribution is -2.17. The minimum Gasteiger partial charge on any atom is -0.456 e. The third-order valence-corrected chi connectivity index (χ3v) is 14.0. The van der Waals surface area contributed by atoms with E-state index in [4.69, 9.17) is 4.42 Å². The van der Waals surface area contributed by atoms with Gasteiger partial charge in [-0.3, -0.25) is 0 Å². The second-order valence-corrected chi connectivity index (χ2v) is 18.0. The molecule has 0 spiro atoms. The molecule has 1 aliphatic rings. The maximum absolute atomic E-state index is 6.47.